The fourth-order valence-electron chi connectivity index (χ4n) is 3.89. The van der Waals surface area contributed by atoms with Gasteiger partial charge in [-0.3, -0.25) is 19.3 Å². The van der Waals surface area contributed by atoms with Crippen LogP contribution in [0.4, 0.5) is 5.69 Å². The van der Waals surface area contributed by atoms with Crippen molar-refractivity contribution >= 4 is 35.0 Å². The van der Waals surface area contributed by atoms with Gasteiger partial charge >= 0.3 is 0 Å². The number of rotatable bonds is 5. The van der Waals surface area contributed by atoms with Crippen molar-refractivity contribution in [1.29, 1.82) is 0 Å². The zero-order valence-corrected chi connectivity index (χ0v) is 16.8. The van der Waals surface area contributed by atoms with Crippen LogP contribution in [0.3, 0.4) is 0 Å². The topological polar surface area (TPSA) is 60.9 Å². The smallest absolute Gasteiger partial charge is 0.261 e. The summed E-state index contributed by atoms with van der Waals surface area (Å²) < 4.78 is 0. The van der Waals surface area contributed by atoms with E-state index in [9.17, 15) is 14.4 Å². The van der Waals surface area contributed by atoms with Gasteiger partial charge in [0.2, 0.25) is 5.91 Å². The van der Waals surface area contributed by atoms with Crippen LogP contribution in [-0.2, 0) is 4.79 Å². The van der Waals surface area contributed by atoms with Crippen LogP contribution >= 0.6 is 11.6 Å². The first-order chi connectivity index (χ1) is 14.1. The molecule has 2 aromatic carbocycles. The largest absolute Gasteiger partial charge is 0.367 e. The molecular formula is C22H22ClN3O3. The first-order valence-corrected chi connectivity index (χ1v) is 10.2. The van der Waals surface area contributed by atoms with Crippen LogP contribution in [0.15, 0.2) is 48.5 Å². The van der Waals surface area contributed by atoms with Crippen LogP contribution in [0, 0.1) is 0 Å². The van der Waals surface area contributed by atoms with E-state index in [1.54, 1.807) is 24.3 Å². The first kappa shape index (κ1) is 19.5. The number of halogens is 1. The molecule has 0 aliphatic carbocycles. The predicted octanol–water partition coefficient (Wildman–Crippen LogP) is 3.07. The van der Waals surface area contributed by atoms with Gasteiger partial charge in [-0.15, -0.1) is 0 Å². The molecule has 0 bridgehead atoms. The molecule has 0 N–H and O–H groups in total. The Bertz CT molecular complexity index is 919. The number of fused-ring (bicyclic) bond motifs is 1. The summed E-state index contributed by atoms with van der Waals surface area (Å²) in [6.07, 6.45) is 0.786. The molecule has 0 atom stereocenters. The van der Waals surface area contributed by atoms with Gasteiger partial charge in [-0.1, -0.05) is 35.9 Å². The molecule has 0 aromatic heterocycles. The lowest BCUT2D eigenvalue weighted by molar-refractivity contribution is -0.131. The molecule has 3 amide bonds. The van der Waals surface area contributed by atoms with E-state index in [1.165, 1.54) is 4.90 Å². The molecule has 0 spiro atoms. The Morgan fingerprint density at radius 1 is 0.862 bits per heavy atom. The quantitative estimate of drug-likeness (QED) is 0.709. The number of para-hydroxylation sites is 1. The van der Waals surface area contributed by atoms with Crippen molar-refractivity contribution in [2.75, 3.05) is 37.6 Å². The summed E-state index contributed by atoms with van der Waals surface area (Å²) >= 11 is 6.26. The molecule has 2 aromatic rings. The molecule has 150 valence electrons. The molecule has 4 rings (SSSR count). The van der Waals surface area contributed by atoms with E-state index in [4.69, 9.17) is 11.6 Å². The molecule has 1 fully saturated rings. The van der Waals surface area contributed by atoms with E-state index in [0.717, 1.165) is 18.8 Å². The Morgan fingerprint density at radius 3 is 2.07 bits per heavy atom. The van der Waals surface area contributed by atoms with Crippen LogP contribution in [0.25, 0.3) is 0 Å². The minimum atomic E-state index is -0.272. The maximum atomic E-state index is 12.6. The Hall–Kier alpha value is -2.86. The Labute approximate surface area is 174 Å². The molecule has 1 saturated heterocycles. The third-order valence-corrected chi connectivity index (χ3v) is 5.80. The first-order valence-electron chi connectivity index (χ1n) is 9.79. The highest BCUT2D eigenvalue weighted by atomic mass is 35.5. The average molecular weight is 412 g/mol. The van der Waals surface area contributed by atoms with Crippen molar-refractivity contribution < 1.29 is 14.4 Å². The van der Waals surface area contributed by atoms with Gasteiger partial charge in [0, 0.05) is 39.1 Å². The summed E-state index contributed by atoms with van der Waals surface area (Å²) in [6, 6.07) is 14.5. The van der Waals surface area contributed by atoms with Crippen molar-refractivity contribution in [2.24, 2.45) is 0 Å². The fraction of sp³-hybridized carbons (Fsp3) is 0.318. The highest BCUT2D eigenvalue weighted by molar-refractivity contribution is 6.33. The minimum absolute atomic E-state index is 0.0559. The number of amides is 3. The Kier molecular flexibility index (Phi) is 5.53. The lowest BCUT2D eigenvalue weighted by atomic mass is 10.1. The van der Waals surface area contributed by atoms with Gasteiger partial charge < -0.3 is 9.80 Å². The molecule has 2 aliphatic heterocycles. The van der Waals surface area contributed by atoms with Crippen molar-refractivity contribution in [3.8, 4) is 0 Å². The second-order valence-electron chi connectivity index (χ2n) is 7.23. The van der Waals surface area contributed by atoms with E-state index < -0.39 is 0 Å². The molecule has 7 heteroatoms. The van der Waals surface area contributed by atoms with E-state index in [2.05, 4.69) is 4.90 Å². The van der Waals surface area contributed by atoms with Gasteiger partial charge in [0.1, 0.15) is 0 Å². The lowest BCUT2D eigenvalue weighted by Gasteiger charge is -2.36. The van der Waals surface area contributed by atoms with E-state index in [0.29, 0.717) is 42.1 Å². The maximum Gasteiger partial charge on any atom is 0.261 e. The van der Waals surface area contributed by atoms with E-state index >= 15 is 0 Å². The van der Waals surface area contributed by atoms with Crippen molar-refractivity contribution in [3.05, 3.63) is 64.7 Å². The summed E-state index contributed by atoms with van der Waals surface area (Å²) in [5, 5.41) is 0.716. The number of carbonyl (C=O) groups is 3. The number of carbonyl (C=O) groups excluding carboxylic acids is 3. The molecule has 6 nitrogen and oxygen atoms in total. The van der Waals surface area contributed by atoms with Gasteiger partial charge in [-0.2, -0.15) is 0 Å². The molecule has 29 heavy (non-hydrogen) atoms. The van der Waals surface area contributed by atoms with Gasteiger partial charge in [0.05, 0.1) is 21.8 Å². The van der Waals surface area contributed by atoms with E-state index in [1.807, 2.05) is 29.2 Å². The SMILES string of the molecule is O=C(CCCN1C(=O)c2ccccc2C1=O)N1CCN(c2ccccc2Cl)CC1. The van der Waals surface area contributed by atoms with Gasteiger partial charge in [0.15, 0.2) is 0 Å². The zero-order chi connectivity index (χ0) is 20.4. The summed E-state index contributed by atoms with van der Waals surface area (Å²) in [7, 11) is 0. The monoisotopic (exact) mass is 411 g/mol. The molecule has 0 unspecified atom stereocenters. The number of imide groups is 1. The predicted molar refractivity (Wildman–Crippen MR) is 111 cm³/mol. The molecule has 0 saturated carbocycles. The van der Waals surface area contributed by atoms with Crippen molar-refractivity contribution in [3.63, 3.8) is 0 Å². The average Bonchev–Trinajstić information content (AvgIpc) is 2.99. The van der Waals surface area contributed by atoms with Crippen molar-refractivity contribution in [1.82, 2.24) is 9.80 Å². The number of benzene rings is 2. The second-order valence-corrected chi connectivity index (χ2v) is 7.64. The van der Waals surface area contributed by atoms with Crippen LogP contribution in [0.5, 0.6) is 0 Å². The third kappa shape index (κ3) is 3.85. The lowest BCUT2D eigenvalue weighted by Crippen LogP contribution is -2.49. The van der Waals surface area contributed by atoms with Crippen LogP contribution in [-0.4, -0.2) is 60.2 Å². The van der Waals surface area contributed by atoms with Crippen LogP contribution in [0.1, 0.15) is 33.6 Å². The van der Waals surface area contributed by atoms with E-state index in [-0.39, 0.29) is 24.3 Å². The van der Waals surface area contributed by atoms with Crippen molar-refractivity contribution in [2.45, 2.75) is 12.8 Å². The van der Waals surface area contributed by atoms with Gasteiger partial charge in [0.25, 0.3) is 11.8 Å². The van der Waals surface area contributed by atoms with Crippen LogP contribution < -0.4 is 4.90 Å². The number of hydrogen-bond donors (Lipinski definition) is 0. The second kappa shape index (κ2) is 8.25. The standard InChI is InChI=1S/C22H22ClN3O3/c23-18-8-3-4-9-19(18)24-12-14-25(15-13-24)20(27)10-5-11-26-21(28)16-6-1-2-7-17(16)22(26)29/h1-4,6-9H,5,10-15H2. The molecule has 2 aliphatic rings. The van der Waals surface area contributed by atoms with Gasteiger partial charge in [-0.25, -0.2) is 0 Å². The molecule has 0 radical (unpaired) electrons. The summed E-state index contributed by atoms with van der Waals surface area (Å²) in [5.74, 6) is -0.488. The summed E-state index contributed by atoms with van der Waals surface area (Å²) in [5.41, 5.74) is 1.88. The highest BCUT2D eigenvalue weighted by Crippen LogP contribution is 2.26. The number of piperazine rings is 1. The maximum absolute atomic E-state index is 12.6. The van der Waals surface area contributed by atoms with Crippen LogP contribution in [0.2, 0.25) is 5.02 Å². The third-order valence-electron chi connectivity index (χ3n) is 5.48. The number of anilines is 1. The Morgan fingerprint density at radius 2 is 1.45 bits per heavy atom. The summed E-state index contributed by atoms with van der Waals surface area (Å²) in [6.45, 7) is 2.99. The normalized spacial score (nSPS) is 16.4. The Balaban J connectivity index is 1.26. The number of hydrogen-bond acceptors (Lipinski definition) is 4. The minimum Gasteiger partial charge on any atom is -0.367 e. The zero-order valence-electron chi connectivity index (χ0n) is 16.0. The molecular weight excluding hydrogens is 390 g/mol. The fourth-order valence-corrected chi connectivity index (χ4v) is 4.15. The summed E-state index contributed by atoms with van der Waals surface area (Å²) in [4.78, 5) is 42.6. The van der Waals surface area contributed by atoms with Gasteiger partial charge in [-0.05, 0) is 30.7 Å². The molecule has 2 heterocycles. The highest BCUT2D eigenvalue weighted by Gasteiger charge is 2.34. The number of nitrogens with zero attached hydrogens (tertiary/aromatic N) is 3.